The normalized spacial score (nSPS) is 15.0. The number of hydrogen-bond donors (Lipinski definition) is 0. The van der Waals surface area contributed by atoms with Crippen LogP contribution in [0.2, 0.25) is 0 Å². The summed E-state index contributed by atoms with van der Waals surface area (Å²) < 4.78 is 10.5. The van der Waals surface area contributed by atoms with Gasteiger partial charge in [-0.1, -0.05) is 6.07 Å². The molecular weight excluding hydrogens is 302 g/mol. The van der Waals surface area contributed by atoms with E-state index in [1.54, 1.807) is 13.2 Å². The highest BCUT2D eigenvalue weighted by Gasteiger charge is 2.17. The number of esters is 1. The molecule has 0 amide bonds. The summed E-state index contributed by atoms with van der Waals surface area (Å²) in [5.74, 6) is 0.623. The highest BCUT2D eigenvalue weighted by molar-refractivity contribution is 5.83. The number of methoxy groups -OCH3 is 1. The number of carbonyl (C=O) groups excluding carboxylic acids is 1. The SMILES string of the molecule is COc1cc(/C=C2/CCCc3c(C)ccnc32)ccc1OC(C)=O. The van der Waals surface area contributed by atoms with Gasteiger partial charge in [-0.3, -0.25) is 9.78 Å². The molecule has 0 fully saturated rings. The van der Waals surface area contributed by atoms with E-state index >= 15 is 0 Å². The van der Waals surface area contributed by atoms with E-state index < -0.39 is 0 Å². The maximum Gasteiger partial charge on any atom is 0.308 e. The van der Waals surface area contributed by atoms with Gasteiger partial charge in [-0.05, 0) is 72.7 Å². The summed E-state index contributed by atoms with van der Waals surface area (Å²) in [6.07, 6.45) is 7.24. The molecule has 0 aliphatic heterocycles. The smallest absolute Gasteiger partial charge is 0.308 e. The number of aromatic nitrogens is 1. The largest absolute Gasteiger partial charge is 0.493 e. The number of aryl methyl sites for hydroxylation is 1. The molecule has 0 saturated heterocycles. The fourth-order valence-corrected chi connectivity index (χ4v) is 3.11. The average molecular weight is 323 g/mol. The van der Waals surface area contributed by atoms with Crippen molar-refractivity contribution in [3.8, 4) is 11.5 Å². The van der Waals surface area contributed by atoms with Crippen molar-refractivity contribution < 1.29 is 14.3 Å². The van der Waals surface area contributed by atoms with Gasteiger partial charge in [0.15, 0.2) is 11.5 Å². The lowest BCUT2D eigenvalue weighted by Crippen LogP contribution is -2.06. The Bertz CT molecular complexity index is 809. The van der Waals surface area contributed by atoms with E-state index in [2.05, 4.69) is 24.1 Å². The molecule has 0 spiro atoms. The first kappa shape index (κ1) is 16.2. The fourth-order valence-electron chi connectivity index (χ4n) is 3.11. The van der Waals surface area contributed by atoms with Gasteiger partial charge >= 0.3 is 5.97 Å². The molecule has 0 N–H and O–H groups in total. The van der Waals surface area contributed by atoms with E-state index in [1.807, 2.05) is 18.3 Å². The van der Waals surface area contributed by atoms with Gasteiger partial charge in [0.25, 0.3) is 0 Å². The summed E-state index contributed by atoms with van der Waals surface area (Å²) >= 11 is 0. The van der Waals surface area contributed by atoms with Crippen LogP contribution in [0.4, 0.5) is 0 Å². The van der Waals surface area contributed by atoms with Crippen LogP contribution in [0.1, 0.15) is 42.1 Å². The first-order chi connectivity index (χ1) is 11.6. The second kappa shape index (κ2) is 6.87. The molecule has 24 heavy (non-hydrogen) atoms. The lowest BCUT2D eigenvalue weighted by atomic mass is 9.88. The van der Waals surface area contributed by atoms with Crippen molar-refractivity contribution >= 4 is 17.6 Å². The number of rotatable bonds is 3. The lowest BCUT2D eigenvalue weighted by molar-refractivity contribution is -0.132. The van der Waals surface area contributed by atoms with Crippen LogP contribution < -0.4 is 9.47 Å². The van der Waals surface area contributed by atoms with Crippen LogP contribution in [0.3, 0.4) is 0 Å². The van der Waals surface area contributed by atoms with Crippen LogP contribution in [0.5, 0.6) is 11.5 Å². The second-order valence-electron chi connectivity index (χ2n) is 5.98. The van der Waals surface area contributed by atoms with Crippen LogP contribution in [0, 0.1) is 6.92 Å². The number of ether oxygens (including phenoxy) is 2. The van der Waals surface area contributed by atoms with Crippen LogP contribution >= 0.6 is 0 Å². The molecule has 2 aromatic rings. The average Bonchev–Trinajstić information content (AvgIpc) is 2.57. The number of nitrogens with zero attached hydrogens (tertiary/aromatic N) is 1. The van der Waals surface area contributed by atoms with E-state index in [1.165, 1.54) is 23.6 Å². The van der Waals surface area contributed by atoms with Gasteiger partial charge in [0, 0.05) is 13.1 Å². The van der Waals surface area contributed by atoms with Crippen molar-refractivity contribution in [1.82, 2.24) is 4.98 Å². The minimum atomic E-state index is -0.361. The molecule has 4 nitrogen and oxygen atoms in total. The Balaban J connectivity index is 1.98. The number of pyridine rings is 1. The Morgan fingerprint density at radius 2 is 2.04 bits per heavy atom. The molecule has 1 heterocycles. The fraction of sp³-hybridized carbons (Fsp3) is 0.300. The number of carbonyl (C=O) groups is 1. The summed E-state index contributed by atoms with van der Waals surface area (Å²) in [5.41, 5.74) is 5.99. The number of benzene rings is 1. The maximum absolute atomic E-state index is 11.2. The van der Waals surface area contributed by atoms with Crippen molar-refractivity contribution in [3.63, 3.8) is 0 Å². The highest BCUT2D eigenvalue weighted by atomic mass is 16.6. The molecule has 124 valence electrons. The van der Waals surface area contributed by atoms with E-state index in [0.29, 0.717) is 11.5 Å². The van der Waals surface area contributed by atoms with Crippen LogP contribution in [-0.2, 0) is 11.2 Å². The Morgan fingerprint density at radius 3 is 2.79 bits per heavy atom. The Labute approximate surface area is 142 Å². The van der Waals surface area contributed by atoms with Crippen molar-refractivity contribution in [3.05, 3.63) is 52.8 Å². The van der Waals surface area contributed by atoms with Crippen molar-refractivity contribution in [2.24, 2.45) is 0 Å². The minimum Gasteiger partial charge on any atom is -0.493 e. The Kier molecular flexibility index (Phi) is 4.65. The Morgan fingerprint density at radius 1 is 1.21 bits per heavy atom. The molecular formula is C20H21NO3. The zero-order chi connectivity index (χ0) is 17.1. The zero-order valence-corrected chi connectivity index (χ0v) is 14.3. The molecule has 1 aromatic carbocycles. The molecule has 0 radical (unpaired) electrons. The molecule has 4 heteroatoms. The standard InChI is InChI=1S/C20H21NO3/c1-13-9-10-21-20-16(5-4-6-17(13)20)11-15-7-8-18(24-14(2)22)19(12-15)23-3/h7-12H,4-6H2,1-3H3/b16-11-. The lowest BCUT2D eigenvalue weighted by Gasteiger charge is -2.20. The van der Waals surface area contributed by atoms with Crippen LogP contribution in [0.25, 0.3) is 11.6 Å². The highest BCUT2D eigenvalue weighted by Crippen LogP contribution is 2.34. The summed E-state index contributed by atoms with van der Waals surface area (Å²) in [6.45, 7) is 3.52. The maximum atomic E-state index is 11.2. The Hall–Kier alpha value is -2.62. The predicted octanol–water partition coefficient (Wildman–Crippen LogP) is 4.20. The van der Waals surface area contributed by atoms with E-state index in [-0.39, 0.29) is 5.97 Å². The van der Waals surface area contributed by atoms with Crippen molar-refractivity contribution in [2.75, 3.05) is 7.11 Å². The van der Waals surface area contributed by atoms with Crippen LogP contribution in [-0.4, -0.2) is 18.1 Å². The van der Waals surface area contributed by atoms with Crippen LogP contribution in [0.15, 0.2) is 30.5 Å². The molecule has 1 aliphatic rings. The topological polar surface area (TPSA) is 48.4 Å². The molecule has 0 atom stereocenters. The zero-order valence-electron chi connectivity index (χ0n) is 14.3. The summed E-state index contributed by atoms with van der Waals surface area (Å²) in [5, 5.41) is 0. The van der Waals surface area contributed by atoms with E-state index in [9.17, 15) is 4.79 Å². The quantitative estimate of drug-likeness (QED) is 0.627. The third-order valence-corrected chi connectivity index (χ3v) is 4.25. The molecule has 0 bridgehead atoms. The first-order valence-corrected chi connectivity index (χ1v) is 8.10. The van der Waals surface area contributed by atoms with E-state index in [0.717, 1.165) is 30.5 Å². The minimum absolute atomic E-state index is 0.361. The summed E-state index contributed by atoms with van der Waals surface area (Å²) in [7, 11) is 1.57. The molecule has 0 unspecified atom stereocenters. The van der Waals surface area contributed by atoms with Gasteiger partial charge in [-0.15, -0.1) is 0 Å². The van der Waals surface area contributed by atoms with E-state index in [4.69, 9.17) is 9.47 Å². The molecule has 1 aliphatic carbocycles. The monoisotopic (exact) mass is 323 g/mol. The van der Waals surface area contributed by atoms with Gasteiger partial charge in [-0.25, -0.2) is 0 Å². The first-order valence-electron chi connectivity index (χ1n) is 8.10. The van der Waals surface area contributed by atoms with Crippen molar-refractivity contribution in [2.45, 2.75) is 33.1 Å². The predicted molar refractivity (Wildman–Crippen MR) is 94.1 cm³/mol. The summed E-state index contributed by atoms with van der Waals surface area (Å²) in [4.78, 5) is 15.7. The number of hydrogen-bond acceptors (Lipinski definition) is 4. The number of fused-ring (bicyclic) bond motifs is 1. The number of allylic oxidation sites excluding steroid dienone is 1. The third-order valence-electron chi connectivity index (χ3n) is 4.25. The summed E-state index contributed by atoms with van der Waals surface area (Å²) in [6, 6.07) is 7.64. The van der Waals surface area contributed by atoms with Gasteiger partial charge < -0.3 is 9.47 Å². The molecule has 1 aromatic heterocycles. The third kappa shape index (κ3) is 3.32. The van der Waals surface area contributed by atoms with Gasteiger partial charge in [-0.2, -0.15) is 0 Å². The molecule has 0 saturated carbocycles. The molecule has 3 rings (SSSR count). The van der Waals surface area contributed by atoms with Gasteiger partial charge in [0.05, 0.1) is 12.8 Å². The second-order valence-corrected chi connectivity index (χ2v) is 5.98. The van der Waals surface area contributed by atoms with Crippen molar-refractivity contribution in [1.29, 1.82) is 0 Å². The van der Waals surface area contributed by atoms with Gasteiger partial charge in [0.1, 0.15) is 0 Å². The van der Waals surface area contributed by atoms with Gasteiger partial charge in [0.2, 0.25) is 0 Å².